The van der Waals surface area contributed by atoms with E-state index in [4.69, 9.17) is 23.2 Å². The largest absolute Gasteiger partial charge is 0.316 e. The molecule has 2 aromatic rings. The van der Waals surface area contributed by atoms with Gasteiger partial charge in [0.25, 0.3) is 0 Å². The smallest absolute Gasteiger partial charge is 0.0441 e. The summed E-state index contributed by atoms with van der Waals surface area (Å²) in [4.78, 5) is 0. The van der Waals surface area contributed by atoms with Crippen LogP contribution in [0.15, 0.2) is 46.9 Å². The molecule has 1 N–H and O–H groups in total. The summed E-state index contributed by atoms with van der Waals surface area (Å²) in [6.45, 7) is 1.99. The Bertz CT molecular complexity index is 627. The Kier molecular flexibility index (Phi) is 4.90. The SMILES string of the molecule is Clc1ccc(C2CNCCC2c2cc(Br)ccc2Cl)cc1. The lowest BCUT2D eigenvalue weighted by Crippen LogP contribution is -2.34. The average Bonchev–Trinajstić information content (AvgIpc) is 2.51. The molecular formula is C17H16BrCl2N. The Morgan fingerprint density at radius 2 is 1.76 bits per heavy atom. The van der Waals surface area contributed by atoms with E-state index < -0.39 is 0 Å². The number of hydrogen-bond acceptors (Lipinski definition) is 1. The zero-order chi connectivity index (χ0) is 14.8. The van der Waals surface area contributed by atoms with Gasteiger partial charge in [0.05, 0.1) is 0 Å². The van der Waals surface area contributed by atoms with Crippen molar-refractivity contribution in [2.75, 3.05) is 13.1 Å². The lowest BCUT2D eigenvalue weighted by atomic mass is 9.77. The molecule has 1 aliphatic heterocycles. The quantitative estimate of drug-likeness (QED) is 0.708. The maximum Gasteiger partial charge on any atom is 0.0441 e. The fourth-order valence-electron chi connectivity index (χ4n) is 3.09. The maximum atomic E-state index is 6.45. The van der Waals surface area contributed by atoms with Gasteiger partial charge in [0.1, 0.15) is 0 Å². The molecule has 2 atom stereocenters. The van der Waals surface area contributed by atoms with E-state index in [1.807, 2.05) is 24.3 Å². The van der Waals surface area contributed by atoms with E-state index >= 15 is 0 Å². The molecule has 0 spiro atoms. The third-order valence-electron chi connectivity index (χ3n) is 4.14. The molecule has 2 unspecified atom stereocenters. The summed E-state index contributed by atoms with van der Waals surface area (Å²) in [6.07, 6.45) is 1.09. The number of nitrogens with one attached hydrogen (secondary N) is 1. The van der Waals surface area contributed by atoms with Crippen LogP contribution in [0.2, 0.25) is 10.0 Å². The van der Waals surface area contributed by atoms with Crippen molar-refractivity contribution >= 4 is 39.1 Å². The first-order chi connectivity index (χ1) is 10.1. The molecule has 4 heteroatoms. The molecule has 1 fully saturated rings. The molecule has 0 bridgehead atoms. The van der Waals surface area contributed by atoms with Gasteiger partial charge in [-0.25, -0.2) is 0 Å². The van der Waals surface area contributed by atoms with E-state index in [0.29, 0.717) is 11.8 Å². The van der Waals surface area contributed by atoms with E-state index in [0.717, 1.165) is 34.0 Å². The summed E-state index contributed by atoms with van der Waals surface area (Å²) in [7, 11) is 0. The Labute approximate surface area is 143 Å². The Balaban J connectivity index is 1.98. The minimum atomic E-state index is 0.419. The fraction of sp³-hybridized carbons (Fsp3) is 0.294. The van der Waals surface area contributed by atoms with E-state index in [9.17, 15) is 0 Å². The second-order valence-electron chi connectivity index (χ2n) is 5.42. The van der Waals surface area contributed by atoms with E-state index in [2.05, 4.69) is 39.4 Å². The summed E-state index contributed by atoms with van der Waals surface area (Å²) in [5.41, 5.74) is 2.54. The van der Waals surface area contributed by atoms with Gasteiger partial charge in [-0.1, -0.05) is 51.3 Å². The maximum absolute atomic E-state index is 6.45. The Morgan fingerprint density at radius 3 is 2.52 bits per heavy atom. The third-order valence-corrected chi connectivity index (χ3v) is 5.23. The predicted molar refractivity (Wildman–Crippen MR) is 93.6 cm³/mol. The van der Waals surface area contributed by atoms with Crippen molar-refractivity contribution in [2.24, 2.45) is 0 Å². The Hall–Kier alpha value is -0.540. The second kappa shape index (κ2) is 6.70. The van der Waals surface area contributed by atoms with Crippen LogP contribution in [0.4, 0.5) is 0 Å². The van der Waals surface area contributed by atoms with Crippen LogP contribution in [-0.2, 0) is 0 Å². The first-order valence-corrected chi connectivity index (χ1v) is 8.61. The molecule has 0 saturated carbocycles. The highest BCUT2D eigenvalue weighted by Gasteiger charge is 2.29. The molecular weight excluding hydrogens is 369 g/mol. The zero-order valence-corrected chi connectivity index (χ0v) is 14.5. The van der Waals surface area contributed by atoms with Crippen LogP contribution in [0.25, 0.3) is 0 Å². The van der Waals surface area contributed by atoms with Crippen molar-refractivity contribution in [1.82, 2.24) is 5.32 Å². The Morgan fingerprint density at radius 1 is 1.00 bits per heavy atom. The van der Waals surface area contributed by atoms with Gasteiger partial charge in [-0.3, -0.25) is 0 Å². The number of piperidine rings is 1. The zero-order valence-electron chi connectivity index (χ0n) is 11.5. The monoisotopic (exact) mass is 383 g/mol. The second-order valence-corrected chi connectivity index (χ2v) is 7.18. The molecule has 1 heterocycles. The highest BCUT2D eigenvalue weighted by atomic mass is 79.9. The minimum absolute atomic E-state index is 0.419. The molecule has 110 valence electrons. The van der Waals surface area contributed by atoms with Gasteiger partial charge in [0.15, 0.2) is 0 Å². The van der Waals surface area contributed by atoms with Crippen molar-refractivity contribution in [2.45, 2.75) is 18.3 Å². The van der Waals surface area contributed by atoms with Gasteiger partial charge in [-0.2, -0.15) is 0 Å². The van der Waals surface area contributed by atoms with Crippen molar-refractivity contribution in [3.63, 3.8) is 0 Å². The standard InChI is InChI=1S/C17H16BrCl2N/c18-12-3-6-17(20)15(9-12)14-7-8-21-10-16(14)11-1-4-13(19)5-2-11/h1-6,9,14,16,21H,7-8,10H2. The van der Waals surface area contributed by atoms with Gasteiger partial charge in [-0.15, -0.1) is 0 Å². The van der Waals surface area contributed by atoms with E-state index in [1.165, 1.54) is 11.1 Å². The lowest BCUT2D eigenvalue weighted by Gasteiger charge is -2.33. The summed E-state index contributed by atoms with van der Waals surface area (Å²) >= 11 is 16.0. The van der Waals surface area contributed by atoms with Crippen LogP contribution >= 0.6 is 39.1 Å². The van der Waals surface area contributed by atoms with Crippen LogP contribution < -0.4 is 5.32 Å². The summed E-state index contributed by atoms with van der Waals surface area (Å²) in [5.74, 6) is 0.847. The van der Waals surface area contributed by atoms with Crippen LogP contribution in [-0.4, -0.2) is 13.1 Å². The topological polar surface area (TPSA) is 12.0 Å². The summed E-state index contributed by atoms with van der Waals surface area (Å²) < 4.78 is 1.08. The van der Waals surface area contributed by atoms with Gasteiger partial charge in [0.2, 0.25) is 0 Å². The van der Waals surface area contributed by atoms with Crippen LogP contribution in [0.3, 0.4) is 0 Å². The van der Waals surface area contributed by atoms with Crippen LogP contribution in [0.5, 0.6) is 0 Å². The number of halogens is 3. The molecule has 1 aliphatic rings. The molecule has 0 amide bonds. The van der Waals surface area contributed by atoms with Crippen molar-refractivity contribution < 1.29 is 0 Å². The minimum Gasteiger partial charge on any atom is -0.316 e. The molecule has 1 nitrogen and oxygen atoms in total. The molecule has 1 saturated heterocycles. The first kappa shape index (κ1) is 15.4. The first-order valence-electron chi connectivity index (χ1n) is 7.06. The molecule has 0 aromatic heterocycles. The molecule has 2 aromatic carbocycles. The third kappa shape index (κ3) is 3.45. The number of rotatable bonds is 2. The predicted octanol–water partition coefficient (Wildman–Crippen LogP) is 5.62. The average molecular weight is 385 g/mol. The normalized spacial score (nSPS) is 22.2. The van der Waals surface area contributed by atoms with Crippen molar-refractivity contribution in [1.29, 1.82) is 0 Å². The van der Waals surface area contributed by atoms with Gasteiger partial charge in [0, 0.05) is 27.0 Å². The molecule has 0 aliphatic carbocycles. The highest BCUT2D eigenvalue weighted by Crippen LogP contribution is 2.41. The van der Waals surface area contributed by atoms with Crippen LogP contribution in [0.1, 0.15) is 29.4 Å². The van der Waals surface area contributed by atoms with Gasteiger partial charge < -0.3 is 5.32 Å². The number of hydrogen-bond donors (Lipinski definition) is 1. The summed E-state index contributed by atoms with van der Waals surface area (Å²) in [5, 5.41) is 5.12. The van der Waals surface area contributed by atoms with Crippen molar-refractivity contribution in [3.05, 3.63) is 68.1 Å². The molecule has 0 radical (unpaired) electrons. The van der Waals surface area contributed by atoms with E-state index in [-0.39, 0.29) is 0 Å². The highest BCUT2D eigenvalue weighted by molar-refractivity contribution is 9.10. The van der Waals surface area contributed by atoms with E-state index in [1.54, 1.807) is 0 Å². The van der Waals surface area contributed by atoms with Crippen molar-refractivity contribution in [3.8, 4) is 0 Å². The van der Waals surface area contributed by atoms with Gasteiger partial charge >= 0.3 is 0 Å². The lowest BCUT2D eigenvalue weighted by molar-refractivity contribution is 0.404. The fourth-order valence-corrected chi connectivity index (χ4v) is 3.85. The molecule has 21 heavy (non-hydrogen) atoms. The number of benzene rings is 2. The summed E-state index contributed by atoms with van der Waals surface area (Å²) in [6, 6.07) is 14.3. The van der Waals surface area contributed by atoms with Crippen LogP contribution in [0, 0.1) is 0 Å². The van der Waals surface area contributed by atoms with Gasteiger partial charge in [-0.05, 0) is 60.3 Å². The molecule has 3 rings (SSSR count).